The molecule has 0 N–H and O–H groups in total. The number of aryl methyl sites for hydroxylation is 1. The van der Waals surface area contributed by atoms with Crippen LogP contribution in [0, 0.1) is 29.9 Å². The van der Waals surface area contributed by atoms with Gasteiger partial charge in [-0.1, -0.05) is 5.16 Å². The van der Waals surface area contributed by atoms with Crippen LogP contribution < -0.4 is 5.56 Å². The lowest BCUT2D eigenvalue weighted by molar-refractivity contribution is 0.370. The average molecular weight is 328 g/mol. The van der Waals surface area contributed by atoms with Crippen molar-refractivity contribution in [1.82, 2.24) is 14.7 Å². The van der Waals surface area contributed by atoms with Crippen LogP contribution in [0.2, 0.25) is 0 Å². The molecule has 0 spiro atoms. The molecule has 0 atom stereocenters. The van der Waals surface area contributed by atoms with Crippen LogP contribution >= 0.6 is 0 Å². The Morgan fingerprint density at radius 2 is 2.08 bits per heavy atom. The number of pyridine rings is 1. The molecule has 120 valence electrons. The smallest absolute Gasteiger partial charge is 0.269 e. The molecular formula is C16H10F2N4O2. The Balaban J connectivity index is 1.91. The van der Waals surface area contributed by atoms with Gasteiger partial charge in [-0.05, 0) is 36.8 Å². The highest BCUT2D eigenvalue weighted by atomic mass is 19.2. The first kappa shape index (κ1) is 15.6. The molecule has 0 saturated heterocycles. The predicted octanol–water partition coefficient (Wildman–Crippen LogP) is 2.40. The Morgan fingerprint density at radius 1 is 1.29 bits per heavy atom. The number of nitrogens with zero attached hydrogens (tertiary/aromatic N) is 4. The summed E-state index contributed by atoms with van der Waals surface area (Å²) in [5, 5.41) is 12.7. The van der Waals surface area contributed by atoms with E-state index >= 15 is 0 Å². The molecule has 0 bridgehead atoms. The SMILES string of the molecule is Cc1ccn(Cc2nc(-c3ccc(F)c(F)c3)no2)c(=O)c1C#N. The van der Waals surface area contributed by atoms with Gasteiger partial charge in [0.1, 0.15) is 18.2 Å². The van der Waals surface area contributed by atoms with Crippen molar-refractivity contribution >= 4 is 0 Å². The molecule has 0 aliphatic heterocycles. The van der Waals surface area contributed by atoms with Gasteiger partial charge in [0.05, 0.1) is 0 Å². The third kappa shape index (κ3) is 2.79. The Bertz CT molecular complexity index is 1020. The van der Waals surface area contributed by atoms with Crippen molar-refractivity contribution in [1.29, 1.82) is 5.26 Å². The van der Waals surface area contributed by atoms with Crippen LogP contribution in [0.15, 0.2) is 39.8 Å². The predicted molar refractivity (Wildman–Crippen MR) is 78.9 cm³/mol. The van der Waals surface area contributed by atoms with Crippen LogP contribution in [0.4, 0.5) is 8.78 Å². The van der Waals surface area contributed by atoms with Crippen molar-refractivity contribution in [3.05, 3.63) is 69.5 Å². The lowest BCUT2D eigenvalue weighted by Crippen LogP contribution is -2.23. The topological polar surface area (TPSA) is 84.7 Å². The quantitative estimate of drug-likeness (QED) is 0.737. The van der Waals surface area contributed by atoms with Crippen molar-refractivity contribution in [2.75, 3.05) is 0 Å². The third-order valence-electron chi connectivity index (χ3n) is 3.44. The van der Waals surface area contributed by atoms with Crippen molar-refractivity contribution in [3.63, 3.8) is 0 Å². The second-order valence-corrected chi connectivity index (χ2v) is 5.06. The maximum Gasteiger partial charge on any atom is 0.269 e. The fraction of sp³-hybridized carbons (Fsp3) is 0.125. The van der Waals surface area contributed by atoms with Gasteiger partial charge in [0.15, 0.2) is 11.6 Å². The van der Waals surface area contributed by atoms with E-state index in [0.717, 1.165) is 12.1 Å². The minimum Gasteiger partial charge on any atom is -0.337 e. The molecule has 6 nitrogen and oxygen atoms in total. The summed E-state index contributed by atoms with van der Waals surface area (Å²) in [5.74, 6) is -1.82. The molecule has 0 aliphatic carbocycles. The summed E-state index contributed by atoms with van der Waals surface area (Å²) in [6.07, 6.45) is 1.51. The summed E-state index contributed by atoms with van der Waals surface area (Å²) in [6.45, 7) is 1.63. The molecular weight excluding hydrogens is 318 g/mol. The number of rotatable bonds is 3. The van der Waals surface area contributed by atoms with Crippen LogP contribution in [0.5, 0.6) is 0 Å². The van der Waals surface area contributed by atoms with E-state index in [1.165, 1.54) is 16.8 Å². The highest BCUT2D eigenvalue weighted by Crippen LogP contribution is 2.18. The molecule has 3 aromatic rings. The van der Waals surface area contributed by atoms with E-state index in [0.29, 0.717) is 5.56 Å². The Morgan fingerprint density at radius 3 is 2.79 bits per heavy atom. The second kappa shape index (κ2) is 6.04. The third-order valence-corrected chi connectivity index (χ3v) is 3.44. The molecule has 8 heteroatoms. The van der Waals surface area contributed by atoms with E-state index in [2.05, 4.69) is 10.1 Å². The largest absolute Gasteiger partial charge is 0.337 e. The summed E-state index contributed by atoms with van der Waals surface area (Å²) in [4.78, 5) is 16.2. The molecule has 0 radical (unpaired) electrons. The fourth-order valence-electron chi connectivity index (χ4n) is 2.14. The van der Waals surface area contributed by atoms with Crippen LogP contribution in [0.1, 0.15) is 17.0 Å². The van der Waals surface area contributed by atoms with Gasteiger partial charge < -0.3 is 9.09 Å². The molecule has 0 amide bonds. The first-order chi connectivity index (χ1) is 11.5. The minimum atomic E-state index is -1.02. The average Bonchev–Trinajstić information content (AvgIpc) is 3.02. The van der Waals surface area contributed by atoms with E-state index in [9.17, 15) is 13.6 Å². The highest BCUT2D eigenvalue weighted by Gasteiger charge is 2.13. The first-order valence-corrected chi connectivity index (χ1v) is 6.87. The molecule has 0 saturated carbocycles. The standard InChI is InChI=1S/C16H10F2N4O2/c1-9-4-5-22(16(23)11(9)7-19)8-14-20-15(21-24-14)10-2-3-12(17)13(18)6-10/h2-6H,8H2,1H3. The summed E-state index contributed by atoms with van der Waals surface area (Å²) in [6, 6.07) is 6.72. The second-order valence-electron chi connectivity index (χ2n) is 5.06. The maximum absolute atomic E-state index is 13.3. The molecule has 0 unspecified atom stereocenters. The number of hydrogen-bond donors (Lipinski definition) is 0. The molecule has 3 rings (SSSR count). The molecule has 24 heavy (non-hydrogen) atoms. The van der Waals surface area contributed by atoms with Gasteiger partial charge in [0, 0.05) is 11.8 Å². The monoisotopic (exact) mass is 328 g/mol. The summed E-state index contributed by atoms with van der Waals surface area (Å²) in [7, 11) is 0. The van der Waals surface area contributed by atoms with Crippen LogP contribution in [0.3, 0.4) is 0 Å². The first-order valence-electron chi connectivity index (χ1n) is 6.87. The summed E-state index contributed by atoms with van der Waals surface area (Å²) >= 11 is 0. The molecule has 1 aromatic carbocycles. The van der Waals surface area contributed by atoms with Crippen molar-refractivity contribution in [2.24, 2.45) is 0 Å². The zero-order valence-corrected chi connectivity index (χ0v) is 12.5. The number of nitriles is 1. The van der Waals surface area contributed by atoms with Crippen LogP contribution in [-0.4, -0.2) is 14.7 Å². The van der Waals surface area contributed by atoms with Crippen LogP contribution in [0.25, 0.3) is 11.4 Å². The van der Waals surface area contributed by atoms with Gasteiger partial charge in [-0.2, -0.15) is 10.2 Å². The molecule has 2 heterocycles. The Kier molecular flexibility index (Phi) is 3.92. The van der Waals surface area contributed by atoms with Gasteiger partial charge in [-0.25, -0.2) is 8.78 Å². The van der Waals surface area contributed by atoms with E-state index in [-0.39, 0.29) is 29.4 Å². The lowest BCUT2D eigenvalue weighted by Gasteiger charge is -2.03. The molecule has 0 aliphatic rings. The van der Waals surface area contributed by atoms with Crippen molar-refractivity contribution < 1.29 is 13.3 Å². The normalized spacial score (nSPS) is 10.6. The van der Waals surface area contributed by atoms with E-state index in [1.807, 2.05) is 6.07 Å². The zero-order valence-electron chi connectivity index (χ0n) is 12.5. The van der Waals surface area contributed by atoms with E-state index in [4.69, 9.17) is 9.78 Å². The van der Waals surface area contributed by atoms with Crippen molar-refractivity contribution in [3.8, 4) is 17.5 Å². The number of benzene rings is 1. The highest BCUT2D eigenvalue weighted by molar-refractivity contribution is 5.54. The Labute approximate surface area is 134 Å². The fourth-order valence-corrected chi connectivity index (χ4v) is 2.14. The summed E-state index contributed by atoms with van der Waals surface area (Å²) in [5.41, 5.74) is 0.396. The molecule has 0 fully saturated rings. The maximum atomic E-state index is 13.3. The minimum absolute atomic E-state index is 0.0372. The van der Waals surface area contributed by atoms with Gasteiger partial charge in [0.25, 0.3) is 5.56 Å². The van der Waals surface area contributed by atoms with Gasteiger partial charge in [-0.3, -0.25) is 4.79 Å². The number of aromatic nitrogens is 3. The van der Waals surface area contributed by atoms with Crippen molar-refractivity contribution in [2.45, 2.75) is 13.5 Å². The number of halogens is 2. The lowest BCUT2D eigenvalue weighted by atomic mass is 10.2. The van der Waals surface area contributed by atoms with Crippen LogP contribution in [-0.2, 0) is 6.54 Å². The Hall–Kier alpha value is -3.34. The molecule has 2 aromatic heterocycles. The summed E-state index contributed by atoms with van der Waals surface area (Å²) < 4.78 is 32.5. The van der Waals surface area contributed by atoms with E-state index in [1.54, 1.807) is 13.0 Å². The zero-order chi connectivity index (χ0) is 17.3. The number of hydrogen-bond acceptors (Lipinski definition) is 5. The van der Waals surface area contributed by atoms with Gasteiger partial charge in [0.2, 0.25) is 11.7 Å². The van der Waals surface area contributed by atoms with Gasteiger partial charge >= 0.3 is 0 Å². The van der Waals surface area contributed by atoms with E-state index < -0.39 is 17.2 Å². The van der Waals surface area contributed by atoms with Gasteiger partial charge in [-0.15, -0.1) is 0 Å².